The van der Waals surface area contributed by atoms with E-state index in [1.54, 1.807) is 12.1 Å². The van der Waals surface area contributed by atoms with Crippen molar-refractivity contribution >= 4 is 11.0 Å². The van der Waals surface area contributed by atoms with Crippen molar-refractivity contribution in [3.8, 4) is 17.2 Å². The van der Waals surface area contributed by atoms with Gasteiger partial charge in [0.05, 0.1) is 19.0 Å². The first-order chi connectivity index (χ1) is 10.7. The summed E-state index contributed by atoms with van der Waals surface area (Å²) >= 11 is 0. The number of nitrogens with two attached hydrogens (primary N) is 1. The molecule has 5 heteroatoms. The molecular weight excluding hydrogens is 282 g/mol. The zero-order valence-electron chi connectivity index (χ0n) is 12.0. The average Bonchev–Trinajstić information content (AvgIpc) is 2.55. The van der Waals surface area contributed by atoms with Crippen LogP contribution < -0.4 is 20.6 Å². The number of fused-ring (bicyclic) bond motifs is 1. The van der Waals surface area contributed by atoms with Gasteiger partial charge in [-0.25, -0.2) is 0 Å². The molecule has 3 aromatic rings. The lowest BCUT2D eigenvalue weighted by atomic mass is 10.2. The number of para-hydroxylation sites is 1. The number of hydrogen-bond acceptors (Lipinski definition) is 5. The fourth-order valence-corrected chi connectivity index (χ4v) is 2.17. The molecule has 1 heterocycles. The van der Waals surface area contributed by atoms with Crippen LogP contribution in [0.2, 0.25) is 0 Å². The van der Waals surface area contributed by atoms with E-state index < -0.39 is 0 Å². The molecule has 0 spiro atoms. The van der Waals surface area contributed by atoms with Crippen molar-refractivity contribution in [1.29, 1.82) is 0 Å². The first-order valence-corrected chi connectivity index (χ1v) is 6.79. The molecule has 2 N–H and O–H groups in total. The van der Waals surface area contributed by atoms with E-state index in [1.807, 2.05) is 30.3 Å². The molecule has 1 aromatic heterocycles. The molecule has 0 saturated heterocycles. The van der Waals surface area contributed by atoms with Crippen molar-refractivity contribution in [3.05, 3.63) is 64.5 Å². The van der Waals surface area contributed by atoms with E-state index >= 15 is 0 Å². The van der Waals surface area contributed by atoms with Crippen molar-refractivity contribution < 1.29 is 13.9 Å². The number of benzene rings is 2. The number of methoxy groups -OCH3 is 1. The van der Waals surface area contributed by atoms with Gasteiger partial charge in [-0.05, 0) is 18.2 Å². The maximum Gasteiger partial charge on any atom is 0.193 e. The standard InChI is InChI=1S/C17H15NO4/c1-20-16-8-13-14(19)7-12(10-18)22-15(13)9-17(16)21-11-5-3-2-4-6-11/h2-9H,10,18H2,1H3. The summed E-state index contributed by atoms with van der Waals surface area (Å²) in [5, 5.41) is 0.425. The third-order valence-electron chi connectivity index (χ3n) is 3.24. The highest BCUT2D eigenvalue weighted by Crippen LogP contribution is 2.34. The van der Waals surface area contributed by atoms with E-state index in [9.17, 15) is 4.79 Å². The van der Waals surface area contributed by atoms with E-state index in [-0.39, 0.29) is 12.0 Å². The SMILES string of the molecule is COc1cc2c(=O)cc(CN)oc2cc1Oc1ccccc1. The second kappa shape index (κ2) is 5.91. The van der Waals surface area contributed by atoms with Crippen LogP contribution >= 0.6 is 0 Å². The zero-order chi connectivity index (χ0) is 15.5. The molecule has 0 aliphatic heterocycles. The van der Waals surface area contributed by atoms with Gasteiger partial charge in [-0.1, -0.05) is 18.2 Å². The Labute approximate surface area is 126 Å². The lowest BCUT2D eigenvalue weighted by molar-refractivity contribution is 0.379. The Morgan fingerprint density at radius 1 is 1.09 bits per heavy atom. The maximum absolute atomic E-state index is 12.1. The Morgan fingerprint density at radius 2 is 1.86 bits per heavy atom. The van der Waals surface area contributed by atoms with Crippen LogP contribution in [0.4, 0.5) is 0 Å². The number of ether oxygens (including phenoxy) is 2. The monoisotopic (exact) mass is 297 g/mol. The van der Waals surface area contributed by atoms with Gasteiger partial charge in [0.25, 0.3) is 0 Å². The summed E-state index contributed by atoms with van der Waals surface area (Å²) in [6.07, 6.45) is 0. The van der Waals surface area contributed by atoms with Crippen molar-refractivity contribution in [1.82, 2.24) is 0 Å². The highest BCUT2D eigenvalue weighted by molar-refractivity contribution is 5.81. The molecule has 22 heavy (non-hydrogen) atoms. The maximum atomic E-state index is 12.1. The summed E-state index contributed by atoms with van der Waals surface area (Å²) < 4.78 is 16.7. The largest absolute Gasteiger partial charge is 0.493 e. The summed E-state index contributed by atoms with van der Waals surface area (Å²) in [7, 11) is 1.52. The summed E-state index contributed by atoms with van der Waals surface area (Å²) in [6, 6.07) is 13.9. The second-order valence-electron chi connectivity index (χ2n) is 4.70. The number of rotatable bonds is 4. The summed E-state index contributed by atoms with van der Waals surface area (Å²) in [5.74, 6) is 2.02. The van der Waals surface area contributed by atoms with E-state index in [0.29, 0.717) is 34.0 Å². The molecular formula is C17H15NO4. The second-order valence-corrected chi connectivity index (χ2v) is 4.70. The fourth-order valence-electron chi connectivity index (χ4n) is 2.17. The molecule has 3 rings (SSSR count). The topological polar surface area (TPSA) is 74.7 Å². The smallest absolute Gasteiger partial charge is 0.193 e. The first kappa shape index (κ1) is 14.2. The highest BCUT2D eigenvalue weighted by Gasteiger charge is 2.12. The van der Waals surface area contributed by atoms with E-state index in [2.05, 4.69) is 0 Å². The molecule has 0 radical (unpaired) electrons. The van der Waals surface area contributed by atoms with Crippen molar-refractivity contribution in [3.63, 3.8) is 0 Å². The quantitative estimate of drug-likeness (QED) is 0.801. The molecule has 5 nitrogen and oxygen atoms in total. The predicted molar refractivity (Wildman–Crippen MR) is 83.4 cm³/mol. The van der Waals surface area contributed by atoms with Crippen LogP contribution in [0.25, 0.3) is 11.0 Å². The Balaban J connectivity index is 2.14. The third-order valence-corrected chi connectivity index (χ3v) is 3.24. The van der Waals surface area contributed by atoms with Gasteiger partial charge >= 0.3 is 0 Å². The van der Waals surface area contributed by atoms with Crippen LogP contribution in [0.3, 0.4) is 0 Å². The summed E-state index contributed by atoms with van der Waals surface area (Å²) in [4.78, 5) is 12.1. The molecule has 2 aromatic carbocycles. The van der Waals surface area contributed by atoms with Crippen LogP contribution in [0, 0.1) is 0 Å². The van der Waals surface area contributed by atoms with Crippen molar-refractivity contribution in [2.24, 2.45) is 5.73 Å². The molecule has 0 aliphatic carbocycles. The molecule has 0 atom stereocenters. The van der Waals surface area contributed by atoms with Gasteiger partial charge in [-0.15, -0.1) is 0 Å². The Hall–Kier alpha value is -2.79. The van der Waals surface area contributed by atoms with Crippen molar-refractivity contribution in [2.75, 3.05) is 7.11 Å². The van der Waals surface area contributed by atoms with E-state index in [0.717, 1.165) is 0 Å². The minimum absolute atomic E-state index is 0.159. The normalized spacial score (nSPS) is 10.6. The van der Waals surface area contributed by atoms with Gasteiger partial charge in [-0.2, -0.15) is 0 Å². The zero-order valence-corrected chi connectivity index (χ0v) is 12.0. The highest BCUT2D eigenvalue weighted by atomic mass is 16.5. The fraction of sp³-hybridized carbons (Fsp3) is 0.118. The molecule has 112 valence electrons. The van der Waals surface area contributed by atoms with Gasteiger partial charge in [-0.3, -0.25) is 4.79 Å². The van der Waals surface area contributed by atoms with E-state index in [1.165, 1.54) is 13.2 Å². The molecule has 0 unspecified atom stereocenters. The van der Waals surface area contributed by atoms with Crippen LogP contribution in [-0.4, -0.2) is 7.11 Å². The van der Waals surface area contributed by atoms with E-state index in [4.69, 9.17) is 19.6 Å². The Morgan fingerprint density at radius 3 is 2.55 bits per heavy atom. The van der Waals surface area contributed by atoms with Crippen LogP contribution in [0.5, 0.6) is 17.2 Å². The van der Waals surface area contributed by atoms with Gasteiger partial charge in [0.1, 0.15) is 17.1 Å². The third kappa shape index (κ3) is 2.66. The predicted octanol–water partition coefficient (Wildman–Crippen LogP) is 3.05. The van der Waals surface area contributed by atoms with Crippen LogP contribution in [-0.2, 0) is 6.54 Å². The van der Waals surface area contributed by atoms with Crippen LogP contribution in [0.15, 0.2) is 57.7 Å². The lowest BCUT2D eigenvalue weighted by Gasteiger charge is -2.11. The molecule has 0 amide bonds. The van der Waals surface area contributed by atoms with Crippen molar-refractivity contribution in [2.45, 2.75) is 6.54 Å². The average molecular weight is 297 g/mol. The molecule has 0 bridgehead atoms. The van der Waals surface area contributed by atoms with Gasteiger partial charge in [0.15, 0.2) is 16.9 Å². The minimum atomic E-state index is -0.161. The lowest BCUT2D eigenvalue weighted by Crippen LogP contribution is -2.06. The van der Waals surface area contributed by atoms with Gasteiger partial charge in [0.2, 0.25) is 0 Å². The molecule has 0 saturated carbocycles. The summed E-state index contributed by atoms with van der Waals surface area (Å²) in [5.41, 5.74) is 5.79. The van der Waals surface area contributed by atoms with Crippen LogP contribution in [0.1, 0.15) is 5.76 Å². The Kier molecular flexibility index (Phi) is 3.80. The Bertz CT molecular complexity index is 856. The summed E-state index contributed by atoms with van der Waals surface area (Å²) in [6.45, 7) is 0.159. The minimum Gasteiger partial charge on any atom is -0.493 e. The first-order valence-electron chi connectivity index (χ1n) is 6.79. The van der Waals surface area contributed by atoms with Gasteiger partial charge in [0, 0.05) is 12.1 Å². The molecule has 0 fully saturated rings. The van der Waals surface area contributed by atoms with Gasteiger partial charge < -0.3 is 19.6 Å². The number of hydrogen-bond donors (Lipinski definition) is 1. The molecule has 0 aliphatic rings.